The summed E-state index contributed by atoms with van der Waals surface area (Å²) < 4.78 is 10.4. The van der Waals surface area contributed by atoms with Gasteiger partial charge in [0, 0.05) is 6.07 Å². The van der Waals surface area contributed by atoms with Gasteiger partial charge in [0.2, 0.25) is 0 Å². The van der Waals surface area contributed by atoms with Crippen molar-refractivity contribution in [3.8, 4) is 11.5 Å². The largest absolute Gasteiger partial charge is 0.497 e. The van der Waals surface area contributed by atoms with Gasteiger partial charge in [-0.05, 0) is 24.7 Å². The number of hydrogen-bond donors (Lipinski definition) is 1. The second-order valence-electron chi connectivity index (χ2n) is 3.15. The standard InChI is InChI=1S/C12H17NO2/c1-5-12(13-2)9-6-10(14-3)8-11(7-9)15-4/h5-8,12-13H,1H2,2-4H3. The highest BCUT2D eigenvalue weighted by molar-refractivity contribution is 5.40. The zero-order chi connectivity index (χ0) is 11.3. The molecule has 1 aromatic carbocycles. The summed E-state index contributed by atoms with van der Waals surface area (Å²) in [5.74, 6) is 1.57. The molecule has 15 heavy (non-hydrogen) atoms. The van der Waals surface area contributed by atoms with Crippen molar-refractivity contribution in [3.05, 3.63) is 36.4 Å². The zero-order valence-electron chi connectivity index (χ0n) is 9.41. The minimum atomic E-state index is 0.106. The van der Waals surface area contributed by atoms with E-state index in [4.69, 9.17) is 9.47 Å². The molecule has 82 valence electrons. The number of likely N-dealkylation sites (N-methyl/N-ethyl adjacent to an activating group) is 1. The third kappa shape index (κ3) is 2.73. The lowest BCUT2D eigenvalue weighted by Gasteiger charge is -2.14. The van der Waals surface area contributed by atoms with Crippen LogP contribution < -0.4 is 14.8 Å². The Bertz CT molecular complexity index is 314. The highest BCUT2D eigenvalue weighted by Crippen LogP contribution is 2.26. The minimum absolute atomic E-state index is 0.106. The van der Waals surface area contributed by atoms with Crippen LogP contribution in [0.1, 0.15) is 11.6 Å². The maximum Gasteiger partial charge on any atom is 0.122 e. The average Bonchev–Trinajstić information content (AvgIpc) is 2.30. The monoisotopic (exact) mass is 207 g/mol. The molecule has 0 aromatic heterocycles. The first-order valence-corrected chi connectivity index (χ1v) is 4.78. The van der Waals surface area contributed by atoms with Crippen molar-refractivity contribution in [1.82, 2.24) is 5.32 Å². The molecule has 1 atom stereocenters. The van der Waals surface area contributed by atoms with Crippen molar-refractivity contribution in [2.45, 2.75) is 6.04 Å². The lowest BCUT2D eigenvalue weighted by molar-refractivity contribution is 0.392. The fourth-order valence-electron chi connectivity index (χ4n) is 1.43. The number of benzene rings is 1. The molecule has 0 radical (unpaired) electrons. The Morgan fingerprint density at radius 1 is 1.20 bits per heavy atom. The first kappa shape index (κ1) is 11.6. The fraction of sp³-hybridized carbons (Fsp3) is 0.333. The van der Waals surface area contributed by atoms with Gasteiger partial charge in [-0.25, -0.2) is 0 Å². The first-order chi connectivity index (χ1) is 7.24. The number of hydrogen-bond acceptors (Lipinski definition) is 3. The molecule has 0 amide bonds. The Morgan fingerprint density at radius 2 is 1.73 bits per heavy atom. The van der Waals surface area contributed by atoms with Gasteiger partial charge in [0.15, 0.2) is 0 Å². The van der Waals surface area contributed by atoms with E-state index in [1.54, 1.807) is 14.2 Å². The van der Waals surface area contributed by atoms with E-state index in [0.717, 1.165) is 17.1 Å². The molecule has 0 heterocycles. The molecular formula is C12H17NO2. The number of nitrogens with one attached hydrogen (secondary N) is 1. The van der Waals surface area contributed by atoms with Crippen LogP contribution in [-0.2, 0) is 0 Å². The SMILES string of the molecule is C=CC(NC)c1cc(OC)cc(OC)c1. The second kappa shape index (κ2) is 5.41. The van der Waals surface area contributed by atoms with E-state index >= 15 is 0 Å². The molecule has 0 spiro atoms. The molecular weight excluding hydrogens is 190 g/mol. The summed E-state index contributed by atoms with van der Waals surface area (Å²) in [6.07, 6.45) is 1.84. The fourth-order valence-corrected chi connectivity index (χ4v) is 1.43. The molecule has 0 aliphatic carbocycles. The summed E-state index contributed by atoms with van der Waals surface area (Å²) in [6, 6.07) is 5.88. The minimum Gasteiger partial charge on any atom is -0.497 e. The van der Waals surface area contributed by atoms with Crippen molar-refractivity contribution >= 4 is 0 Å². The van der Waals surface area contributed by atoms with Crippen LogP contribution in [0.4, 0.5) is 0 Å². The first-order valence-electron chi connectivity index (χ1n) is 4.78. The molecule has 0 saturated carbocycles. The van der Waals surface area contributed by atoms with Crippen LogP contribution in [0.2, 0.25) is 0 Å². The summed E-state index contributed by atoms with van der Waals surface area (Å²) in [5, 5.41) is 3.14. The van der Waals surface area contributed by atoms with Gasteiger partial charge >= 0.3 is 0 Å². The van der Waals surface area contributed by atoms with Crippen molar-refractivity contribution in [2.75, 3.05) is 21.3 Å². The highest BCUT2D eigenvalue weighted by Gasteiger charge is 2.08. The van der Waals surface area contributed by atoms with Crippen LogP contribution >= 0.6 is 0 Å². The van der Waals surface area contributed by atoms with E-state index in [1.807, 2.05) is 31.3 Å². The van der Waals surface area contributed by atoms with Crippen LogP contribution in [0.5, 0.6) is 11.5 Å². The van der Waals surface area contributed by atoms with Gasteiger partial charge in [-0.1, -0.05) is 6.08 Å². The third-order valence-electron chi connectivity index (χ3n) is 2.28. The smallest absolute Gasteiger partial charge is 0.122 e. The molecule has 0 saturated heterocycles. The van der Waals surface area contributed by atoms with Crippen molar-refractivity contribution in [3.63, 3.8) is 0 Å². The van der Waals surface area contributed by atoms with E-state index in [0.29, 0.717) is 0 Å². The van der Waals surface area contributed by atoms with Gasteiger partial charge in [0.05, 0.1) is 20.3 Å². The van der Waals surface area contributed by atoms with E-state index in [1.165, 1.54) is 0 Å². The van der Waals surface area contributed by atoms with Gasteiger partial charge in [0.25, 0.3) is 0 Å². The summed E-state index contributed by atoms with van der Waals surface area (Å²) in [6.45, 7) is 3.78. The van der Waals surface area contributed by atoms with Crippen LogP contribution in [0.25, 0.3) is 0 Å². The van der Waals surface area contributed by atoms with Crippen LogP contribution in [0.15, 0.2) is 30.9 Å². The molecule has 1 aromatic rings. The van der Waals surface area contributed by atoms with Gasteiger partial charge in [0.1, 0.15) is 11.5 Å². The van der Waals surface area contributed by atoms with Gasteiger partial charge in [-0.15, -0.1) is 6.58 Å². The van der Waals surface area contributed by atoms with Crippen molar-refractivity contribution in [2.24, 2.45) is 0 Å². The summed E-state index contributed by atoms with van der Waals surface area (Å²) in [4.78, 5) is 0. The lowest BCUT2D eigenvalue weighted by Crippen LogP contribution is -2.13. The number of rotatable bonds is 5. The molecule has 0 fully saturated rings. The summed E-state index contributed by atoms with van der Waals surface area (Å²) in [7, 11) is 5.17. The topological polar surface area (TPSA) is 30.5 Å². The third-order valence-corrected chi connectivity index (χ3v) is 2.28. The van der Waals surface area contributed by atoms with Crippen LogP contribution in [0.3, 0.4) is 0 Å². The summed E-state index contributed by atoms with van der Waals surface area (Å²) >= 11 is 0. The molecule has 1 unspecified atom stereocenters. The van der Waals surface area contributed by atoms with Crippen LogP contribution in [-0.4, -0.2) is 21.3 Å². The Morgan fingerprint density at radius 3 is 2.07 bits per heavy atom. The van der Waals surface area contributed by atoms with Gasteiger partial charge in [-0.2, -0.15) is 0 Å². The Labute approximate surface area is 90.7 Å². The van der Waals surface area contributed by atoms with Crippen molar-refractivity contribution < 1.29 is 9.47 Å². The number of ether oxygens (including phenoxy) is 2. The maximum atomic E-state index is 5.19. The van der Waals surface area contributed by atoms with E-state index in [-0.39, 0.29) is 6.04 Å². The van der Waals surface area contributed by atoms with E-state index in [9.17, 15) is 0 Å². The van der Waals surface area contributed by atoms with Gasteiger partial charge in [-0.3, -0.25) is 0 Å². The molecule has 3 nitrogen and oxygen atoms in total. The zero-order valence-corrected chi connectivity index (χ0v) is 9.41. The molecule has 0 bridgehead atoms. The average molecular weight is 207 g/mol. The molecule has 1 rings (SSSR count). The lowest BCUT2D eigenvalue weighted by atomic mass is 10.1. The molecule has 1 N–H and O–H groups in total. The molecule has 0 aliphatic heterocycles. The Hall–Kier alpha value is -1.48. The van der Waals surface area contributed by atoms with E-state index in [2.05, 4.69) is 11.9 Å². The van der Waals surface area contributed by atoms with Crippen molar-refractivity contribution in [1.29, 1.82) is 0 Å². The number of methoxy groups -OCH3 is 2. The van der Waals surface area contributed by atoms with E-state index < -0.39 is 0 Å². The molecule has 0 aliphatic rings. The predicted molar refractivity (Wildman–Crippen MR) is 61.5 cm³/mol. The van der Waals surface area contributed by atoms with Gasteiger partial charge < -0.3 is 14.8 Å². The quantitative estimate of drug-likeness (QED) is 0.750. The summed E-state index contributed by atoms with van der Waals surface area (Å²) in [5.41, 5.74) is 1.07. The maximum absolute atomic E-state index is 5.19. The second-order valence-corrected chi connectivity index (χ2v) is 3.15. The molecule has 3 heteroatoms. The predicted octanol–water partition coefficient (Wildman–Crippen LogP) is 2.15. The Kier molecular flexibility index (Phi) is 4.18. The highest BCUT2D eigenvalue weighted by atomic mass is 16.5. The Balaban J connectivity index is 3.10. The van der Waals surface area contributed by atoms with Crippen LogP contribution in [0, 0.1) is 0 Å². The normalized spacial score (nSPS) is 11.9.